The van der Waals surface area contributed by atoms with Gasteiger partial charge in [0.15, 0.2) is 0 Å². The maximum atomic E-state index is 11.6. The molecule has 3 aromatic rings. The molecule has 7 nitrogen and oxygen atoms in total. The highest BCUT2D eigenvalue weighted by molar-refractivity contribution is 6.42. The minimum Gasteiger partial charge on any atom is -0.399 e. The fourth-order valence-corrected chi connectivity index (χ4v) is 2.45. The molecule has 0 saturated heterocycles. The van der Waals surface area contributed by atoms with E-state index in [-0.39, 0.29) is 5.69 Å². The van der Waals surface area contributed by atoms with Gasteiger partial charge in [-0.25, -0.2) is 4.98 Å². The quantitative estimate of drug-likeness (QED) is 0.323. The Labute approximate surface area is 138 Å². The van der Waals surface area contributed by atoms with Gasteiger partial charge in [-0.15, -0.1) is 0 Å². The number of nitrogen functional groups attached to an aromatic ring is 1. The topological polar surface area (TPSA) is 127 Å². The number of fused-ring (bicyclic) bond motifs is 1. The van der Waals surface area contributed by atoms with Crippen LogP contribution in [0.2, 0.25) is 0 Å². The van der Waals surface area contributed by atoms with E-state index in [1.165, 1.54) is 0 Å². The number of aryl methyl sites for hydroxylation is 1. The second kappa shape index (κ2) is 6.04. The lowest BCUT2D eigenvalue weighted by molar-refractivity contribution is -0.114. The summed E-state index contributed by atoms with van der Waals surface area (Å²) in [5.74, 6) is -1.77. The average Bonchev–Trinajstić information content (AvgIpc) is 2.98. The van der Waals surface area contributed by atoms with Gasteiger partial charge in [-0.3, -0.25) is 9.59 Å². The van der Waals surface area contributed by atoms with Crippen molar-refractivity contribution in [3.05, 3.63) is 53.3 Å². The fourth-order valence-electron chi connectivity index (χ4n) is 2.45. The first-order chi connectivity index (χ1) is 11.4. The molecule has 0 radical (unpaired) electrons. The van der Waals surface area contributed by atoms with E-state index < -0.39 is 11.7 Å². The van der Waals surface area contributed by atoms with E-state index in [2.05, 4.69) is 15.3 Å². The van der Waals surface area contributed by atoms with Crippen molar-refractivity contribution in [3.63, 3.8) is 0 Å². The summed E-state index contributed by atoms with van der Waals surface area (Å²) in [7, 11) is 0. The number of aromatic nitrogens is 2. The van der Waals surface area contributed by atoms with E-state index in [1.807, 2.05) is 31.2 Å². The lowest BCUT2D eigenvalue weighted by Gasteiger charge is -2.09. The molecule has 0 aliphatic heterocycles. The molecule has 122 valence electrons. The third kappa shape index (κ3) is 3.05. The van der Waals surface area contributed by atoms with Crippen LogP contribution in [0, 0.1) is 6.92 Å². The summed E-state index contributed by atoms with van der Waals surface area (Å²) in [4.78, 5) is 29.6. The van der Waals surface area contributed by atoms with Crippen LogP contribution in [0.3, 0.4) is 0 Å². The summed E-state index contributed by atoms with van der Waals surface area (Å²) in [5, 5.41) is 3.99. The molecule has 0 aliphatic rings. The number of hydrogen-bond donors (Lipinski definition) is 4. The normalized spacial score (nSPS) is 10.7. The molecule has 0 unspecified atom stereocenters. The lowest BCUT2D eigenvalue weighted by atomic mass is 10.1. The Balaban J connectivity index is 1.82. The fraction of sp³-hybridized carbons (Fsp3) is 0.118. The zero-order valence-electron chi connectivity index (χ0n) is 13.1. The van der Waals surface area contributed by atoms with Gasteiger partial charge in [-0.1, -0.05) is 6.07 Å². The summed E-state index contributed by atoms with van der Waals surface area (Å²) in [5.41, 5.74) is 15.2. The van der Waals surface area contributed by atoms with Gasteiger partial charge in [0.1, 0.15) is 5.65 Å². The second-order valence-corrected chi connectivity index (χ2v) is 5.58. The molecule has 6 N–H and O–H groups in total. The molecule has 0 aliphatic carbocycles. The molecule has 2 heterocycles. The number of primary amides is 1. The number of amides is 1. The SMILES string of the molecule is Cc1ccc(N)cc1CNc1cnc2[nH]c(C(=O)C(N)=O)cc2c1. The summed E-state index contributed by atoms with van der Waals surface area (Å²) in [6, 6.07) is 9.17. The zero-order chi connectivity index (χ0) is 17.3. The maximum Gasteiger partial charge on any atom is 0.291 e. The van der Waals surface area contributed by atoms with Crippen molar-refractivity contribution in [2.45, 2.75) is 13.5 Å². The van der Waals surface area contributed by atoms with Crippen LogP contribution in [0.15, 0.2) is 36.5 Å². The number of anilines is 2. The summed E-state index contributed by atoms with van der Waals surface area (Å²) < 4.78 is 0. The largest absolute Gasteiger partial charge is 0.399 e. The van der Waals surface area contributed by atoms with Crippen LogP contribution in [0.5, 0.6) is 0 Å². The molecule has 1 aromatic carbocycles. The van der Waals surface area contributed by atoms with Crippen LogP contribution in [-0.4, -0.2) is 21.7 Å². The van der Waals surface area contributed by atoms with Crippen LogP contribution in [0.1, 0.15) is 21.6 Å². The van der Waals surface area contributed by atoms with Gasteiger partial charge < -0.3 is 21.8 Å². The molecular formula is C17H17N5O2. The number of rotatable bonds is 5. The Kier molecular flexibility index (Phi) is 3.91. The number of nitrogens with zero attached hydrogens (tertiary/aromatic N) is 1. The van der Waals surface area contributed by atoms with Crippen LogP contribution in [0.4, 0.5) is 11.4 Å². The highest BCUT2D eigenvalue weighted by atomic mass is 16.2. The van der Waals surface area contributed by atoms with Crippen LogP contribution < -0.4 is 16.8 Å². The summed E-state index contributed by atoms with van der Waals surface area (Å²) in [6.07, 6.45) is 1.65. The van der Waals surface area contributed by atoms with Crippen LogP contribution >= 0.6 is 0 Å². The van der Waals surface area contributed by atoms with E-state index in [0.717, 1.165) is 16.8 Å². The lowest BCUT2D eigenvalue weighted by Crippen LogP contribution is -2.23. The molecule has 0 spiro atoms. The Morgan fingerprint density at radius 2 is 2.04 bits per heavy atom. The smallest absolute Gasteiger partial charge is 0.291 e. The van der Waals surface area contributed by atoms with Gasteiger partial charge in [0.2, 0.25) is 0 Å². The van der Waals surface area contributed by atoms with Gasteiger partial charge in [-0.2, -0.15) is 0 Å². The van der Waals surface area contributed by atoms with Crippen molar-refractivity contribution in [3.8, 4) is 0 Å². The molecule has 3 rings (SSSR count). The third-order valence-corrected chi connectivity index (χ3v) is 3.79. The molecule has 24 heavy (non-hydrogen) atoms. The number of hydrogen-bond acceptors (Lipinski definition) is 5. The van der Waals surface area contributed by atoms with Gasteiger partial charge >= 0.3 is 0 Å². The number of nitrogens with two attached hydrogens (primary N) is 2. The highest BCUT2D eigenvalue weighted by Crippen LogP contribution is 2.20. The zero-order valence-corrected chi connectivity index (χ0v) is 13.1. The van der Waals surface area contributed by atoms with E-state index in [1.54, 1.807) is 12.3 Å². The van der Waals surface area contributed by atoms with Crippen molar-refractivity contribution in [1.82, 2.24) is 9.97 Å². The van der Waals surface area contributed by atoms with Gasteiger partial charge in [0.05, 0.1) is 17.6 Å². The third-order valence-electron chi connectivity index (χ3n) is 3.79. The van der Waals surface area contributed by atoms with E-state index in [0.29, 0.717) is 23.3 Å². The van der Waals surface area contributed by atoms with Crippen LogP contribution in [0.25, 0.3) is 11.0 Å². The number of nitrogens with one attached hydrogen (secondary N) is 2. The van der Waals surface area contributed by atoms with Crippen molar-refractivity contribution in [2.75, 3.05) is 11.1 Å². The molecule has 0 atom stereocenters. The highest BCUT2D eigenvalue weighted by Gasteiger charge is 2.15. The van der Waals surface area contributed by atoms with Crippen molar-refractivity contribution < 1.29 is 9.59 Å². The molecule has 2 aromatic heterocycles. The first kappa shape index (κ1) is 15.5. The predicted molar refractivity (Wildman–Crippen MR) is 92.5 cm³/mol. The summed E-state index contributed by atoms with van der Waals surface area (Å²) >= 11 is 0. The standard InChI is InChI=1S/C17H17N5O2/c1-9-2-3-12(18)4-11(9)7-20-13-5-10-6-14(15(23)16(19)24)22-17(10)21-8-13/h2-6,8,20H,7,18H2,1H3,(H2,19,24)(H,21,22). The van der Waals surface area contributed by atoms with Crippen molar-refractivity contribution in [1.29, 1.82) is 0 Å². The number of ketones is 1. The van der Waals surface area contributed by atoms with Gasteiger partial charge in [-0.05, 0) is 42.3 Å². The Hall–Kier alpha value is -3.35. The van der Waals surface area contributed by atoms with E-state index >= 15 is 0 Å². The number of pyridine rings is 1. The predicted octanol–water partition coefficient (Wildman–Crippen LogP) is 1.73. The van der Waals surface area contributed by atoms with Crippen molar-refractivity contribution >= 4 is 34.1 Å². The second-order valence-electron chi connectivity index (χ2n) is 5.58. The van der Waals surface area contributed by atoms with Crippen LogP contribution in [-0.2, 0) is 11.3 Å². The Morgan fingerprint density at radius 1 is 1.25 bits per heavy atom. The monoisotopic (exact) mass is 323 g/mol. The minimum absolute atomic E-state index is 0.133. The summed E-state index contributed by atoms with van der Waals surface area (Å²) in [6.45, 7) is 2.62. The first-order valence-corrected chi connectivity index (χ1v) is 7.36. The average molecular weight is 323 g/mol. The van der Waals surface area contributed by atoms with Crippen molar-refractivity contribution in [2.24, 2.45) is 5.73 Å². The molecule has 1 amide bonds. The molecule has 0 fully saturated rings. The Bertz CT molecular complexity index is 945. The number of carbonyl (C=O) groups excluding carboxylic acids is 2. The number of benzene rings is 1. The molecule has 0 bridgehead atoms. The first-order valence-electron chi connectivity index (χ1n) is 7.36. The molecule has 7 heteroatoms. The van der Waals surface area contributed by atoms with E-state index in [9.17, 15) is 9.59 Å². The molecule has 0 saturated carbocycles. The molecular weight excluding hydrogens is 306 g/mol. The number of aromatic amines is 1. The van der Waals surface area contributed by atoms with Gasteiger partial charge in [0.25, 0.3) is 11.7 Å². The number of H-pyrrole nitrogens is 1. The minimum atomic E-state index is -1.00. The Morgan fingerprint density at radius 3 is 2.79 bits per heavy atom. The van der Waals surface area contributed by atoms with Gasteiger partial charge in [0, 0.05) is 17.6 Å². The van der Waals surface area contributed by atoms with E-state index in [4.69, 9.17) is 11.5 Å². The number of Topliss-reactive ketones (excluding diaryl/α,β-unsaturated/α-hetero) is 1. The maximum absolute atomic E-state index is 11.6. The number of carbonyl (C=O) groups is 2.